The first-order chi connectivity index (χ1) is 13.2. The van der Waals surface area contributed by atoms with Crippen LogP contribution in [-0.4, -0.2) is 43.9 Å². The number of nitrogens with one attached hydrogen (secondary N) is 2. The molecule has 2 amide bonds. The van der Waals surface area contributed by atoms with Gasteiger partial charge in [0.25, 0.3) is 0 Å². The number of anilines is 2. The van der Waals surface area contributed by atoms with Crippen LogP contribution in [0.4, 0.5) is 11.4 Å². The number of thioether (sulfide) groups is 1. The van der Waals surface area contributed by atoms with E-state index in [1.54, 1.807) is 19.1 Å². The minimum Gasteiger partial charge on any atom is -0.326 e. The first-order valence-electron chi connectivity index (χ1n) is 8.58. The van der Waals surface area contributed by atoms with Gasteiger partial charge in [0.2, 0.25) is 21.8 Å². The Labute approximate surface area is 168 Å². The average Bonchev–Trinajstić information content (AvgIpc) is 2.63. The van der Waals surface area contributed by atoms with Crippen molar-refractivity contribution < 1.29 is 18.0 Å². The Balaban J connectivity index is 1.73. The fourth-order valence-corrected chi connectivity index (χ4v) is 5.01. The predicted molar refractivity (Wildman–Crippen MR) is 110 cm³/mol. The van der Waals surface area contributed by atoms with Crippen LogP contribution in [0.15, 0.2) is 52.3 Å². The van der Waals surface area contributed by atoms with Gasteiger partial charge >= 0.3 is 0 Å². The van der Waals surface area contributed by atoms with E-state index >= 15 is 0 Å². The molecule has 3 rings (SSSR count). The number of benzene rings is 2. The van der Waals surface area contributed by atoms with Crippen LogP contribution in [0.5, 0.6) is 0 Å². The third kappa shape index (κ3) is 4.21. The van der Waals surface area contributed by atoms with Gasteiger partial charge in [-0.2, -0.15) is 0 Å². The Morgan fingerprint density at radius 2 is 1.93 bits per heavy atom. The fourth-order valence-electron chi connectivity index (χ4n) is 2.76. The highest BCUT2D eigenvalue weighted by Crippen LogP contribution is 2.36. The molecule has 2 N–H and O–H groups in total. The van der Waals surface area contributed by atoms with Gasteiger partial charge in [-0.1, -0.05) is 18.2 Å². The number of sulfonamides is 1. The zero-order valence-corrected chi connectivity index (χ0v) is 17.4. The zero-order chi connectivity index (χ0) is 20.5. The second kappa shape index (κ2) is 7.94. The summed E-state index contributed by atoms with van der Waals surface area (Å²) < 4.78 is 26.0. The van der Waals surface area contributed by atoms with Crippen molar-refractivity contribution in [2.45, 2.75) is 28.4 Å². The maximum absolute atomic E-state index is 12.5. The van der Waals surface area contributed by atoms with Crippen LogP contribution in [0, 0.1) is 6.92 Å². The molecule has 0 radical (unpaired) electrons. The number of carbonyl (C=O) groups is 2. The molecule has 1 atom stereocenters. The van der Waals surface area contributed by atoms with Gasteiger partial charge in [-0.05, 0) is 36.8 Å². The summed E-state index contributed by atoms with van der Waals surface area (Å²) in [6, 6.07) is 12.1. The van der Waals surface area contributed by atoms with E-state index in [1.165, 1.54) is 31.9 Å². The summed E-state index contributed by atoms with van der Waals surface area (Å²) in [6.07, 6.45) is -0.0194. The van der Waals surface area contributed by atoms with Crippen molar-refractivity contribution in [1.82, 2.24) is 4.31 Å². The normalized spacial score (nSPS) is 16.4. The first-order valence-corrected chi connectivity index (χ1v) is 10.9. The summed E-state index contributed by atoms with van der Waals surface area (Å²) >= 11 is 1.34. The summed E-state index contributed by atoms with van der Waals surface area (Å²) in [5.41, 5.74) is 1.70. The number of hydrogen-bond acceptors (Lipinski definition) is 5. The molecule has 9 heteroatoms. The quantitative estimate of drug-likeness (QED) is 0.777. The van der Waals surface area contributed by atoms with Gasteiger partial charge in [0, 0.05) is 31.1 Å². The topological polar surface area (TPSA) is 95.6 Å². The summed E-state index contributed by atoms with van der Waals surface area (Å²) in [4.78, 5) is 25.8. The lowest BCUT2D eigenvalue weighted by Gasteiger charge is -2.23. The number of para-hydroxylation sites is 1. The molecule has 0 aliphatic carbocycles. The van der Waals surface area contributed by atoms with E-state index in [0.717, 1.165) is 14.9 Å². The number of rotatable bonds is 5. The Morgan fingerprint density at radius 3 is 2.64 bits per heavy atom. The molecule has 7 nitrogen and oxygen atoms in total. The third-order valence-electron chi connectivity index (χ3n) is 4.31. The molecule has 2 aromatic rings. The van der Waals surface area contributed by atoms with Gasteiger partial charge in [0.15, 0.2) is 0 Å². The molecule has 1 heterocycles. The summed E-state index contributed by atoms with van der Waals surface area (Å²) in [5.74, 6) is -0.581. The molecule has 2 aromatic carbocycles. The van der Waals surface area contributed by atoms with E-state index in [1.807, 2.05) is 24.3 Å². The van der Waals surface area contributed by atoms with Crippen LogP contribution in [0.2, 0.25) is 0 Å². The monoisotopic (exact) mass is 419 g/mol. The summed E-state index contributed by atoms with van der Waals surface area (Å²) in [7, 11) is -0.711. The largest absolute Gasteiger partial charge is 0.326 e. The van der Waals surface area contributed by atoms with Crippen molar-refractivity contribution in [2.24, 2.45) is 0 Å². The highest BCUT2D eigenvalue weighted by Gasteiger charge is 2.29. The average molecular weight is 420 g/mol. The fraction of sp³-hybridized carbons (Fsp3) is 0.263. The van der Waals surface area contributed by atoms with Crippen molar-refractivity contribution >= 4 is 45.0 Å². The first kappa shape index (κ1) is 20.4. The number of aryl methyl sites for hydroxylation is 1. The molecular formula is C19H21N3O4S2. The van der Waals surface area contributed by atoms with Crippen LogP contribution in [0.3, 0.4) is 0 Å². The Bertz CT molecular complexity index is 1040. The van der Waals surface area contributed by atoms with Crippen LogP contribution in [-0.2, 0) is 19.6 Å². The lowest BCUT2D eigenvalue weighted by molar-refractivity contribution is -0.120. The molecule has 0 aromatic heterocycles. The van der Waals surface area contributed by atoms with Crippen molar-refractivity contribution in [1.29, 1.82) is 0 Å². The molecule has 0 saturated carbocycles. The second-order valence-corrected chi connectivity index (χ2v) is 9.98. The highest BCUT2D eigenvalue weighted by molar-refractivity contribution is 8.01. The molecule has 148 valence electrons. The number of amides is 2. The summed E-state index contributed by atoms with van der Waals surface area (Å²) in [5, 5.41) is 4.95. The number of hydrogen-bond donors (Lipinski definition) is 2. The Hall–Kier alpha value is -2.36. The van der Waals surface area contributed by atoms with E-state index in [0.29, 0.717) is 11.3 Å². The van der Waals surface area contributed by atoms with Crippen molar-refractivity contribution in [3.63, 3.8) is 0 Å². The minimum absolute atomic E-state index is 0.0194. The van der Waals surface area contributed by atoms with E-state index in [4.69, 9.17) is 0 Å². The lowest BCUT2D eigenvalue weighted by atomic mass is 10.2. The molecule has 1 aliphatic rings. The van der Waals surface area contributed by atoms with E-state index in [-0.39, 0.29) is 23.1 Å². The van der Waals surface area contributed by atoms with Gasteiger partial charge < -0.3 is 10.6 Å². The van der Waals surface area contributed by atoms with Gasteiger partial charge in [-0.25, -0.2) is 12.7 Å². The van der Waals surface area contributed by atoms with Gasteiger partial charge in [-0.15, -0.1) is 11.8 Å². The van der Waals surface area contributed by atoms with Crippen molar-refractivity contribution in [3.05, 3.63) is 48.0 Å². The third-order valence-corrected chi connectivity index (χ3v) is 7.54. The minimum atomic E-state index is -3.62. The van der Waals surface area contributed by atoms with E-state index < -0.39 is 15.3 Å². The van der Waals surface area contributed by atoms with Crippen LogP contribution >= 0.6 is 11.8 Å². The second-order valence-electron chi connectivity index (χ2n) is 6.61. The number of nitrogens with zero attached hydrogens (tertiary/aromatic N) is 1. The Morgan fingerprint density at radius 1 is 1.21 bits per heavy atom. The number of fused-ring (bicyclic) bond motifs is 1. The van der Waals surface area contributed by atoms with Gasteiger partial charge in [0.1, 0.15) is 0 Å². The smallest absolute Gasteiger partial charge is 0.242 e. The molecule has 0 spiro atoms. The molecule has 0 bridgehead atoms. The summed E-state index contributed by atoms with van der Waals surface area (Å²) in [6.45, 7) is 1.70. The van der Waals surface area contributed by atoms with Crippen molar-refractivity contribution in [2.75, 3.05) is 24.7 Å². The highest BCUT2D eigenvalue weighted by atomic mass is 32.2. The molecular weight excluding hydrogens is 398 g/mol. The number of carbonyl (C=O) groups excluding carboxylic acids is 2. The maximum atomic E-state index is 12.5. The van der Waals surface area contributed by atoms with E-state index in [2.05, 4.69) is 10.6 Å². The van der Waals surface area contributed by atoms with E-state index in [9.17, 15) is 18.0 Å². The molecule has 28 heavy (non-hydrogen) atoms. The maximum Gasteiger partial charge on any atom is 0.242 e. The Kier molecular flexibility index (Phi) is 5.78. The molecule has 1 aliphatic heterocycles. The standard InChI is InChI=1S/C19H21N3O4S2/c1-12-8-9-13(10-17(12)28(25,26)22(2)3)20-18(23)11-16-19(24)21-14-6-4-5-7-15(14)27-16/h4-10,16H,11H2,1-3H3,(H,20,23)(H,21,24)/t16-/m0/s1. The van der Waals surface area contributed by atoms with Crippen LogP contribution in [0.25, 0.3) is 0 Å². The molecule has 0 unspecified atom stereocenters. The van der Waals surface area contributed by atoms with Crippen LogP contribution < -0.4 is 10.6 Å². The van der Waals surface area contributed by atoms with Crippen molar-refractivity contribution in [3.8, 4) is 0 Å². The van der Waals surface area contributed by atoms with Gasteiger partial charge in [-0.3, -0.25) is 9.59 Å². The molecule has 0 fully saturated rings. The zero-order valence-electron chi connectivity index (χ0n) is 15.7. The predicted octanol–water partition coefficient (Wildman–Crippen LogP) is 2.69. The lowest BCUT2D eigenvalue weighted by Crippen LogP contribution is -2.32. The van der Waals surface area contributed by atoms with Crippen LogP contribution in [0.1, 0.15) is 12.0 Å². The molecule has 0 saturated heterocycles. The van der Waals surface area contributed by atoms with Gasteiger partial charge in [0.05, 0.1) is 15.8 Å². The SMILES string of the molecule is Cc1ccc(NC(=O)C[C@@H]2Sc3ccccc3NC2=O)cc1S(=O)(=O)N(C)C.